The quantitative estimate of drug-likeness (QED) is 0.494. The minimum Gasteiger partial charge on any atom is -0.260 e. The molecule has 0 aliphatic heterocycles. The lowest BCUT2D eigenvalue weighted by Crippen LogP contribution is -2.20. The molecule has 2 atom stereocenters. The Bertz CT molecular complexity index is 959. The topological polar surface area (TPSA) is 12.4 Å². The summed E-state index contributed by atoms with van der Waals surface area (Å²) in [5.74, 6) is 1.53. The summed E-state index contributed by atoms with van der Waals surface area (Å²) in [6, 6.07) is 15.4. The molecular formula is C27H29N. The maximum atomic E-state index is 5.15. The van der Waals surface area contributed by atoms with Crippen LogP contribution in [0.3, 0.4) is 0 Å². The van der Waals surface area contributed by atoms with Crippen LogP contribution in [0.5, 0.6) is 0 Å². The second kappa shape index (κ2) is 7.75. The van der Waals surface area contributed by atoms with Gasteiger partial charge in [0.25, 0.3) is 0 Å². The van der Waals surface area contributed by atoms with Gasteiger partial charge in [-0.05, 0) is 39.7 Å². The first-order valence-corrected chi connectivity index (χ1v) is 10.4. The minimum atomic E-state index is 0.262. The van der Waals surface area contributed by atoms with Gasteiger partial charge in [0.2, 0.25) is 0 Å². The third-order valence-corrected chi connectivity index (χ3v) is 5.87. The number of aliphatic imine (C=N–C) groups is 1. The molecule has 2 aliphatic carbocycles. The van der Waals surface area contributed by atoms with Gasteiger partial charge in [-0.15, -0.1) is 0 Å². The van der Waals surface area contributed by atoms with E-state index in [1.54, 1.807) is 0 Å². The fourth-order valence-corrected chi connectivity index (χ4v) is 4.35. The van der Waals surface area contributed by atoms with Crippen molar-refractivity contribution in [2.75, 3.05) is 0 Å². The molecule has 2 unspecified atom stereocenters. The van der Waals surface area contributed by atoms with Crippen LogP contribution in [0, 0.1) is 5.92 Å². The zero-order valence-corrected chi connectivity index (χ0v) is 17.3. The lowest BCUT2D eigenvalue weighted by molar-refractivity contribution is 0.711. The molecule has 0 spiro atoms. The molecule has 0 heterocycles. The highest BCUT2D eigenvalue weighted by molar-refractivity contribution is 5.81. The largest absolute Gasteiger partial charge is 0.260 e. The Labute approximate surface area is 169 Å². The minimum absolute atomic E-state index is 0.262. The van der Waals surface area contributed by atoms with Gasteiger partial charge in [0.15, 0.2) is 0 Å². The van der Waals surface area contributed by atoms with Gasteiger partial charge < -0.3 is 0 Å². The Kier molecular flexibility index (Phi) is 5.17. The standard InChI is InChI=1S/C27H29N/c1-18(2)22-14-9-15-23(19(3)4)27(22)28-17-26-24-12-7-5-10-20(24)16-21-11-6-8-13-25(21)26/h5-19,24,26H,1-4H3. The van der Waals surface area contributed by atoms with E-state index in [9.17, 15) is 0 Å². The molecule has 0 aromatic heterocycles. The van der Waals surface area contributed by atoms with Crippen LogP contribution in [-0.2, 0) is 0 Å². The molecule has 1 nitrogen and oxygen atoms in total. The van der Waals surface area contributed by atoms with E-state index in [1.165, 1.54) is 27.8 Å². The highest BCUT2D eigenvalue weighted by Crippen LogP contribution is 2.41. The number of nitrogens with zero attached hydrogens (tertiary/aromatic N) is 1. The van der Waals surface area contributed by atoms with Gasteiger partial charge in [0, 0.05) is 18.1 Å². The van der Waals surface area contributed by atoms with E-state index in [1.807, 2.05) is 0 Å². The van der Waals surface area contributed by atoms with Gasteiger partial charge in [-0.2, -0.15) is 0 Å². The highest BCUT2D eigenvalue weighted by Gasteiger charge is 2.28. The van der Waals surface area contributed by atoms with Crippen molar-refractivity contribution in [2.45, 2.75) is 45.4 Å². The molecule has 0 saturated heterocycles. The predicted octanol–water partition coefficient (Wildman–Crippen LogP) is 7.56. The molecule has 0 radical (unpaired) electrons. The lowest BCUT2D eigenvalue weighted by atomic mass is 9.74. The third kappa shape index (κ3) is 3.42. The van der Waals surface area contributed by atoms with Crippen LogP contribution in [0.2, 0.25) is 0 Å². The maximum absolute atomic E-state index is 5.15. The summed E-state index contributed by atoms with van der Waals surface area (Å²) >= 11 is 0. The van der Waals surface area contributed by atoms with E-state index < -0.39 is 0 Å². The van der Waals surface area contributed by atoms with Crippen LogP contribution in [0.25, 0.3) is 6.08 Å². The van der Waals surface area contributed by atoms with Crippen molar-refractivity contribution in [3.63, 3.8) is 0 Å². The summed E-state index contributed by atoms with van der Waals surface area (Å²) in [5.41, 5.74) is 7.89. The fraction of sp³-hybridized carbons (Fsp3) is 0.296. The van der Waals surface area contributed by atoms with Crippen molar-refractivity contribution < 1.29 is 0 Å². The maximum Gasteiger partial charge on any atom is 0.0695 e. The van der Waals surface area contributed by atoms with E-state index in [-0.39, 0.29) is 5.92 Å². The molecular weight excluding hydrogens is 338 g/mol. The number of para-hydroxylation sites is 1. The first-order valence-electron chi connectivity index (χ1n) is 10.4. The molecule has 2 aromatic rings. The van der Waals surface area contributed by atoms with E-state index in [4.69, 9.17) is 4.99 Å². The molecule has 2 aromatic carbocycles. The number of fused-ring (bicyclic) bond motifs is 2. The molecule has 0 fully saturated rings. The van der Waals surface area contributed by atoms with E-state index >= 15 is 0 Å². The number of hydrogen-bond acceptors (Lipinski definition) is 1. The Hall–Kier alpha value is -2.67. The Balaban J connectivity index is 1.81. The summed E-state index contributed by atoms with van der Waals surface area (Å²) in [4.78, 5) is 5.15. The van der Waals surface area contributed by atoms with Crippen LogP contribution < -0.4 is 0 Å². The summed E-state index contributed by atoms with van der Waals surface area (Å²) in [6.45, 7) is 9.02. The van der Waals surface area contributed by atoms with Gasteiger partial charge in [0.05, 0.1) is 5.69 Å². The second-order valence-corrected chi connectivity index (χ2v) is 8.44. The summed E-state index contributed by atoms with van der Waals surface area (Å²) in [6.07, 6.45) is 13.4. The SMILES string of the molecule is CC(C)c1cccc(C(C)C)c1N=CC1c2ccccc2C=C2C=CC=CC21. The molecule has 142 valence electrons. The van der Waals surface area contributed by atoms with Crippen molar-refractivity contribution in [3.8, 4) is 0 Å². The summed E-state index contributed by atoms with van der Waals surface area (Å²) < 4.78 is 0. The molecule has 1 heteroatoms. The zero-order chi connectivity index (χ0) is 19.7. The second-order valence-electron chi connectivity index (χ2n) is 8.44. The highest BCUT2D eigenvalue weighted by atomic mass is 14.7. The molecule has 4 rings (SSSR count). The van der Waals surface area contributed by atoms with Gasteiger partial charge in [-0.3, -0.25) is 4.99 Å². The van der Waals surface area contributed by atoms with Crippen LogP contribution in [0.1, 0.15) is 67.7 Å². The Morgan fingerprint density at radius 2 is 1.57 bits per heavy atom. The first-order chi connectivity index (χ1) is 13.6. The number of benzene rings is 2. The average molecular weight is 368 g/mol. The lowest BCUT2D eigenvalue weighted by Gasteiger charge is -2.30. The predicted molar refractivity (Wildman–Crippen MR) is 122 cm³/mol. The van der Waals surface area contributed by atoms with Crippen molar-refractivity contribution >= 4 is 18.0 Å². The fourth-order valence-electron chi connectivity index (χ4n) is 4.35. The average Bonchev–Trinajstić information content (AvgIpc) is 2.70. The Morgan fingerprint density at radius 3 is 2.29 bits per heavy atom. The number of hydrogen-bond donors (Lipinski definition) is 0. The molecule has 0 bridgehead atoms. The van der Waals surface area contributed by atoms with E-state index in [2.05, 4.69) is 107 Å². The summed E-state index contributed by atoms with van der Waals surface area (Å²) in [5, 5.41) is 0. The van der Waals surface area contributed by atoms with Gasteiger partial charge >= 0.3 is 0 Å². The van der Waals surface area contributed by atoms with Gasteiger partial charge in [-0.1, -0.05) is 101 Å². The smallest absolute Gasteiger partial charge is 0.0695 e. The zero-order valence-electron chi connectivity index (χ0n) is 17.3. The van der Waals surface area contributed by atoms with Crippen molar-refractivity contribution in [3.05, 3.63) is 94.6 Å². The monoisotopic (exact) mass is 367 g/mol. The van der Waals surface area contributed by atoms with Gasteiger partial charge in [0.1, 0.15) is 0 Å². The molecule has 0 saturated carbocycles. The van der Waals surface area contributed by atoms with E-state index in [0.29, 0.717) is 17.8 Å². The number of allylic oxidation sites excluding steroid dienone is 5. The van der Waals surface area contributed by atoms with Gasteiger partial charge in [-0.25, -0.2) is 0 Å². The number of rotatable bonds is 4. The van der Waals surface area contributed by atoms with Crippen LogP contribution in [0.15, 0.2) is 77.3 Å². The molecule has 28 heavy (non-hydrogen) atoms. The van der Waals surface area contributed by atoms with Crippen LogP contribution in [0.4, 0.5) is 5.69 Å². The van der Waals surface area contributed by atoms with Crippen molar-refractivity contribution in [1.29, 1.82) is 0 Å². The first kappa shape index (κ1) is 18.7. The molecule has 2 aliphatic rings. The van der Waals surface area contributed by atoms with Crippen molar-refractivity contribution in [1.82, 2.24) is 0 Å². The van der Waals surface area contributed by atoms with Crippen molar-refractivity contribution in [2.24, 2.45) is 10.9 Å². The summed E-state index contributed by atoms with van der Waals surface area (Å²) in [7, 11) is 0. The van der Waals surface area contributed by atoms with Crippen LogP contribution in [-0.4, -0.2) is 6.21 Å². The van der Waals surface area contributed by atoms with Crippen LogP contribution >= 0.6 is 0 Å². The Morgan fingerprint density at radius 1 is 0.857 bits per heavy atom. The molecule has 0 amide bonds. The third-order valence-electron chi connectivity index (χ3n) is 5.87. The van der Waals surface area contributed by atoms with E-state index in [0.717, 1.165) is 5.69 Å². The molecule has 0 N–H and O–H groups in total. The normalized spacial score (nSPS) is 20.6.